The SMILES string of the molecule is CC(Oc1ccc(Oc2ccccc2)cc1)C(=O)NC1CC1. The van der Waals surface area contributed by atoms with E-state index >= 15 is 0 Å². The van der Waals surface area contributed by atoms with Crippen LogP contribution in [0.3, 0.4) is 0 Å². The number of benzene rings is 2. The van der Waals surface area contributed by atoms with Crippen LogP contribution >= 0.6 is 0 Å². The molecule has 1 atom stereocenters. The van der Waals surface area contributed by atoms with E-state index in [9.17, 15) is 4.79 Å². The standard InChI is InChI=1S/C18H19NO3/c1-13(18(20)19-14-7-8-14)21-16-9-11-17(12-10-16)22-15-5-3-2-4-6-15/h2-6,9-14H,7-8H2,1H3,(H,19,20). The van der Waals surface area contributed by atoms with Gasteiger partial charge in [0.1, 0.15) is 17.2 Å². The van der Waals surface area contributed by atoms with Gasteiger partial charge in [-0.25, -0.2) is 0 Å². The van der Waals surface area contributed by atoms with Crippen LogP contribution in [0.1, 0.15) is 19.8 Å². The van der Waals surface area contributed by atoms with E-state index in [4.69, 9.17) is 9.47 Å². The molecule has 1 saturated carbocycles. The summed E-state index contributed by atoms with van der Waals surface area (Å²) >= 11 is 0. The molecule has 1 unspecified atom stereocenters. The molecule has 4 heteroatoms. The molecule has 114 valence electrons. The lowest BCUT2D eigenvalue weighted by molar-refractivity contribution is -0.127. The summed E-state index contributed by atoms with van der Waals surface area (Å²) in [5.74, 6) is 2.10. The summed E-state index contributed by atoms with van der Waals surface area (Å²) in [6, 6.07) is 17.2. The van der Waals surface area contributed by atoms with Crippen molar-refractivity contribution in [3.8, 4) is 17.2 Å². The van der Waals surface area contributed by atoms with E-state index < -0.39 is 6.10 Å². The second kappa shape index (κ2) is 6.52. The van der Waals surface area contributed by atoms with E-state index in [1.54, 1.807) is 19.1 Å². The number of amides is 1. The average molecular weight is 297 g/mol. The van der Waals surface area contributed by atoms with E-state index in [0.29, 0.717) is 11.8 Å². The van der Waals surface area contributed by atoms with Crippen molar-refractivity contribution in [1.29, 1.82) is 0 Å². The van der Waals surface area contributed by atoms with Crippen molar-refractivity contribution in [1.82, 2.24) is 5.32 Å². The predicted molar refractivity (Wildman–Crippen MR) is 84.2 cm³/mol. The van der Waals surface area contributed by atoms with Gasteiger partial charge in [0.25, 0.3) is 5.91 Å². The predicted octanol–water partition coefficient (Wildman–Crippen LogP) is 3.52. The number of carbonyl (C=O) groups excluding carboxylic acids is 1. The van der Waals surface area contributed by atoms with Gasteiger partial charge in [0.15, 0.2) is 6.10 Å². The van der Waals surface area contributed by atoms with Gasteiger partial charge >= 0.3 is 0 Å². The van der Waals surface area contributed by atoms with Crippen LogP contribution in [-0.4, -0.2) is 18.1 Å². The zero-order valence-corrected chi connectivity index (χ0v) is 12.5. The van der Waals surface area contributed by atoms with Crippen LogP contribution in [0.25, 0.3) is 0 Å². The Balaban J connectivity index is 1.55. The highest BCUT2D eigenvalue weighted by atomic mass is 16.5. The Kier molecular flexibility index (Phi) is 4.28. The highest BCUT2D eigenvalue weighted by molar-refractivity contribution is 5.81. The fourth-order valence-corrected chi connectivity index (χ4v) is 2.01. The average Bonchev–Trinajstić information content (AvgIpc) is 3.34. The molecule has 0 aliphatic heterocycles. The number of ether oxygens (including phenoxy) is 2. The van der Waals surface area contributed by atoms with Crippen LogP contribution in [0.5, 0.6) is 17.2 Å². The Morgan fingerprint density at radius 1 is 1.00 bits per heavy atom. The molecule has 0 bridgehead atoms. The summed E-state index contributed by atoms with van der Waals surface area (Å²) < 4.78 is 11.4. The summed E-state index contributed by atoms with van der Waals surface area (Å²) in [6.45, 7) is 1.76. The molecule has 2 aromatic carbocycles. The molecule has 0 saturated heterocycles. The van der Waals surface area contributed by atoms with E-state index in [1.165, 1.54) is 0 Å². The molecular formula is C18H19NO3. The lowest BCUT2D eigenvalue weighted by Gasteiger charge is -2.14. The third-order valence-electron chi connectivity index (χ3n) is 3.41. The van der Waals surface area contributed by atoms with Crippen molar-refractivity contribution < 1.29 is 14.3 Å². The monoisotopic (exact) mass is 297 g/mol. The maximum Gasteiger partial charge on any atom is 0.260 e. The molecule has 22 heavy (non-hydrogen) atoms. The Morgan fingerprint density at radius 2 is 1.59 bits per heavy atom. The number of para-hydroxylation sites is 1. The molecule has 2 aromatic rings. The highest BCUT2D eigenvalue weighted by Gasteiger charge is 2.26. The first-order valence-electron chi connectivity index (χ1n) is 7.51. The molecule has 1 amide bonds. The molecule has 1 fully saturated rings. The lowest BCUT2D eigenvalue weighted by atomic mass is 10.3. The lowest BCUT2D eigenvalue weighted by Crippen LogP contribution is -2.37. The van der Waals surface area contributed by atoms with Gasteiger partial charge in [-0.15, -0.1) is 0 Å². The van der Waals surface area contributed by atoms with Gasteiger partial charge in [-0.2, -0.15) is 0 Å². The summed E-state index contributed by atoms with van der Waals surface area (Å²) in [7, 11) is 0. The molecular weight excluding hydrogens is 278 g/mol. The Bertz CT molecular complexity index is 621. The maximum atomic E-state index is 11.8. The van der Waals surface area contributed by atoms with Gasteiger partial charge in [0, 0.05) is 6.04 Å². The second-order valence-electron chi connectivity index (χ2n) is 5.43. The fourth-order valence-electron chi connectivity index (χ4n) is 2.01. The van der Waals surface area contributed by atoms with Crippen molar-refractivity contribution in [3.05, 3.63) is 54.6 Å². The molecule has 0 radical (unpaired) electrons. The normalized spacial score (nSPS) is 15.0. The summed E-state index contributed by atoms with van der Waals surface area (Å²) in [5, 5.41) is 2.93. The minimum absolute atomic E-state index is 0.0629. The Morgan fingerprint density at radius 3 is 2.23 bits per heavy atom. The third-order valence-corrected chi connectivity index (χ3v) is 3.41. The van der Waals surface area contributed by atoms with Gasteiger partial charge in [-0.1, -0.05) is 18.2 Å². The van der Waals surface area contributed by atoms with Gasteiger partial charge in [-0.05, 0) is 56.2 Å². The van der Waals surface area contributed by atoms with Crippen molar-refractivity contribution >= 4 is 5.91 Å². The molecule has 0 heterocycles. The largest absolute Gasteiger partial charge is 0.481 e. The summed E-state index contributed by atoms with van der Waals surface area (Å²) in [6.07, 6.45) is 1.65. The van der Waals surface area contributed by atoms with Crippen LogP contribution in [0.15, 0.2) is 54.6 Å². The molecule has 1 aliphatic carbocycles. The zero-order valence-electron chi connectivity index (χ0n) is 12.5. The van der Waals surface area contributed by atoms with Gasteiger partial charge in [-0.3, -0.25) is 4.79 Å². The van der Waals surface area contributed by atoms with Crippen molar-refractivity contribution in [2.45, 2.75) is 31.9 Å². The first-order chi connectivity index (χ1) is 10.7. The first kappa shape index (κ1) is 14.4. The number of hydrogen-bond donors (Lipinski definition) is 1. The Labute approximate surface area is 130 Å². The molecule has 0 spiro atoms. The van der Waals surface area contributed by atoms with Crippen LogP contribution in [0.2, 0.25) is 0 Å². The maximum absolute atomic E-state index is 11.8. The Hall–Kier alpha value is -2.49. The quantitative estimate of drug-likeness (QED) is 0.887. The zero-order chi connectivity index (χ0) is 15.4. The van der Waals surface area contributed by atoms with Crippen LogP contribution in [0, 0.1) is 0 Å². The minimum atomic E-state index is -0.499. The second-order valence-corrected chi connectivity index (χ2v) is 5.43. The minimum Gasteiger partial charge on any atom is -0.481 e. The van der Waals surface area contributed by atoms with Crippen LogP contribution < -0.4 is 14.8 Å². The highest BCUT2D eigenvalue weighted by Crippen LogP contribution is 2.24. The van der Waals surface area contributed by atoms with Gasteiger partial charge < -0.3 is 14.8 Å². The van der Waals surface area contributed by atoms with Crippen molar-refractivity contribution in [2.24, 2.45) is 0 Å². The topological polar surface area (TPSA) is 47.6 Å². The summed E-state index contributed by atoms with van der Waals surface area (Å²) in [5.41, 5.74) is 0. The van der Waals surface area contributed by atoms with E-state index in [-0.39, 0.29) is 5.91 Å². The van der Waals surface area contributed by atoms with Crippen LogP contribution in [-0.2, 0) is 4.79 Å². The number of nitrogens with one attached hydrogen (secondary N) is 1. The van der Waals surface area contributed by atoms with Crippen molar-refractivity contribution in [3.63, 3.8) is 0 Å². The molecule has 1 N–H and O–H groups in total. The van der Waals surface area contributed by atoms with Crippen LogP contribution in [0.4, 0.5) is 0 Å². The number of hydrogen-bond acceptors (Lipinski definition) is 3. The van der Waals surface area contributed by atoms with E-state index in [1.807, 2.05) is 42.5 Å². The molecule has 0 aromatic heterocycles. The number of rotatable bonds is 6. The first-order valence-corrected chi connectivity index (χ1v) is 7.51. The molecule has 4 nitrogen and oxygen atoms in total. The van der Waals surface area contributed by atoms with Crippen molar-refractivity contribution in [2.75, 3.05) is 0 Å². The fraction of sp³-hybridized carbons (Fsp3) is 0.278. The third kappa shape index (κ3) is 4.01. The van der Waals surface area contributed by atoms with Gasteiger partial charge in [0.05, 0.1) is 0 Å². The number of carbonyl (C=O) groups is 1. The summed E-state index contributed by atoms with van der Waals surface area (Å²) in [4.78, 5) is 11.8. The smallest absolute Gasteiger partial charge is 0.260 e. The van der Waals surface area contributed by atoms with E-state index in [2.05, 4.69) is 5.32 Å². The van der Waals surface area contributed by atoms with Gasteiger partial charge in [0.2, 0.25) is 0 Å². The van der Waals surface area contributed by atoms with E-state index in [0.717, 1.165) is 24.3 Å². The molecule has 3 rings (SSSR count). The molecule has 1 aliphatic rings.